The zero-order valence-corrected chi connectivity index (χ0v) is 21.5. The number of esters is 1. The minimum Gasteiger partial charge on any atom is -0.463 e. The second-order valence-electron chi connectivity index (χ2n) is 8.42. The number of halogens is 1. The number of carbonyl (C=O) groups excluding carboxylic acids is 1. The van der Waals surface area contributed by atoms with E-state index < -0.39 is 12.0 Å². The summed E-state index contributed by atoms with van der Waals surface area (Å²) in [5.41, 5.74) is 3.43. The first-order valence-electron chi connectivity index (χ1n) is 11.5. The highest BCUT2D eigenvalue weighted by Crippen LogP contribution is 2.31. The normalized spacial score (nSPS) is 15.6. The molecular weight excluding hydrogens is 496 g/mol. The predicted octanol–water partition coefficient (Wildman–Crippen LogP) is 5.02. The Balaban J connectivity index is 1.63. The lowest BCUT2D eigenvalue weighted by Crippen LogP contribution is -2.39. The van der Waals surface area contributed by atoms with E-state index in [2.05, 4.69) is 4.99 Å². The summed E-state index contributed by atoms with van der Waals surface area (Å²) in [7, 11) is 0. The van der Waals surface area contributed by atoms with Gasteiger partial charge in [0.2, 0.25) is 0 Å². The average molecular weight is 519 g/mol. The van der Waals surface area contributed by atoms with Gasteiger partial charge >= 0.3 is 5.97 Å². The largest absolute Gasteiger partial charge is 0.463 e. The van der Waals surface area contributed by atoms with Crippen LogP contribution in [0.2, 0.25) is 5.02 Å². The molecule has 0 saturated carbocycles. The summed E-state index contributed by atoms with van der Waals surface area (Å²) < 4.78 is 13.4. The summed E-state index contributed by atoms with van der Waals surface area (Å²) in [6, 6.07) is 18.2. The first kappa shape index (κ1) is 24.0. The van der Waals surface area contributed by atoms with Crippen molar-refractivity contribution in [3.63, 3.8) is 0 Å². The number of furan rings is 1. The van der Waals surface area contributed by atoms with Gasteiger partial charge in [-0.05, 0) is 62.7 Å². The Labute approximate surface area is 216 Å². The Morgan fingerprint density at radius 3 is 2.53 bits per heavy atom. The molecule has 0 saturated heterocycles. The Morgan fingerprint density at radius 2 is 1.83 bits per heavy atom. The fraction of sp³-hybridized carbons (Fsp3) is 0.179. The number of fused-ring (bicyclic) bond motifs is 1. The van der Waals surface area contributed by atoms with Crippen molar-refractivity contribution in [2.24, 2.45) is 4.99 Å². The van der Waals surface area contributed by atoms with Crippen molar-refractivity contribution in [2.75, 3.05) is 6.61 Å². The van der Waals surface area contributed by atoms with Crippen LogP contribution < -0.4 is 14.9 Å². The fourth-order valence-corrected chi connectivity index (χ4v) is 5.34. The number of aromatic nitrogens is 1. The number of aryl methyl sites for hydroxylation is 1. The Hall–Kier alpha value is -3.68. The standard InChI is InChI=1S/C28H23ClN2O4S/c1-4-34-27(33)24-17(3)30-28-31(25(24)19-7-5-16(2)6-8-19)26(32)23(36-28)15-21-13-14-22(35-21)18-9-11-20(29)12-10-18/h5-15,25H,4H2,1-3H3/b23-15-/t25-/m1/s1. The SMILES string of the molecule is CCOC(=O)C1=C(C)N=c2s/c(=C\c3ccc(-c4ccc(Cl)cc4)o3)c(=O)n2[C@@H]1c1ccc(C)cc1. The third-order valence-electron chi connectivity index (χ3n) is 5.94. The molecule has 8 heteroatoms. The van der Waals surface area contributed by atoms with E-state index in [0.29, 0.717) is 37.1 Å². The van der Waals surface area contributed by atoms with Crippen molar-refractivity contribution in [3.8, 4) is 11.3 Å². The minimum absolute atomic E-state index is 0.231. The number of hydrogen-bond donors (Lipinski definition) is 0. The van der Waals surface area contributed by atoms with Crippen LogP contribution in [0.15, 0.2) is 86.1 Å². The van der Waals surface area contributed by atoms with Crippen LogP contribution >= 0.6 is 22.9 Å². The molecule has 0 radical (unpaired) electrons. The number of rotatable bonds is 5. The lowest BCUT2D eigenvalue weighted by Gasteiger charge is -2.24. The molecule has 36 heavy (non-hydrogen) atoms. The van der Waals surface area contributed by atoms with Crippen LogP contribution in [0.3, 0.4) is 0 Å². The highest BCUT2D eigenvalue weighted by molar-refractivity contribution is 7.07. The minimum atomic E-state index is -0.635. The molecule has 5 rings (SSSR count). The molecule has 4 aromatic rings. The maximum atomic E-state index is 13.7. The Morgan fingerprint density at radius 1 is 1.11 bits per heavy atom. The third kappa shape index (κ3) is 4.47. The van der Waals surface area contributed by atoms with Gasteiger partial charge in [0.25, 0.3) is 5.56 Å². The zero-order valence-electron chi connectivity index (χ0n) is 19.9. The van der Waals surface area contributed by atoms with Crippen molar-refractivity contribution < 1.29 is 13.9 Å². The first-order chi connectivity index (χ1) is 17.4. The van der Waals surface area contributed by atoms with Gasteiger partial charge in [0.1, 0.15) is 11.5 Å². The van der Waals surface area contributed by atoms with Crippen LogP contribution in [-0.2, 0) is 9.53 Å². The molecule has 0 amide bonds. The zero-order chi connectivity index (χ0) is 25.4. The predicted molar refractivity (Wildman–Crippen MR) is 141 cm³/mol. The van der Waals surface area contributed by atoms with E-state index in [1.165, 1.54) is 11.3 Å². The summed E-state index contributed by atoms with van der Waals surface area (Å²) in [5.74, 6) is 0.736. The maximum Gasteiger partial charge on any atom is 0.338 e. The van der Waals surface area contributed by atoms with E-state index in [1.807, 2.05) is 55.5 Å². The molecule has 1 atom stereocenters. The maximum absolute atomic E-state index is 13.7. The lowest BCUT2D eigenvalue weighted by atomic mass is 9.95. The van der Waals surface area contributed by atoms with Crippen LogP contribution in [0.1, 0.15) is 36.8 Å². The molecule has 0 bridgehead atoms. The van der Waals surface area contributed by atoms with Gasteiger partial charge in [0, 0.05) is 16.7 Å². The molecule has 0 unspecified atom stereocenters. The lowest BCUT2D eigenvalue weighted by molar-refractivity contribution is -0.139. The van der Waals surface area contributed by atoms with Crippen molar-refractivity contribution in [2.45, 2.75) is 26.8 Å². The number of benzene rings is 2. The van der Waals surface area contributed by atoms with Gasteiger partial charge in [-0.25, -0.2) is 9.79 Å². The first-order valence-corrected chi connectivity index (χ1v) is 12.7. The average Bonchev–Trinajstić information content (AvgIpc) is 3.44. The summed E-state index contributed by atoms with van der Waals surface area (Å²) in [5, 5.41) is 0.646. The van der Waals surface area contributed by atoms with Gasteiger partial charge in [-0.1, -0.05) is 52.8 Å². The number of nitrogens with zero attached hydrogens (tertiary/aromatic N) is 2. The summed E-state index contributed by atoms with van der Waals surface area (Å²) >= 11 is 7.25. The van der Waals surface area contributed by atoms with Crippen molar-refractivity contribution in [1.82, 2.24) is 4.57 Å². The van der Waals surface area contributed by atoms with Gasteiger partial charge in [-0.2, -0.15) is 0 Å². The number of allylic oxidation sites excluding steroid dienone is 1. The molecule has 182 valence electrons. The van der Waals surface area contributed by atoms with E-state index in [1.54, 1.807) is 36.6 Å². The molecule has 0 N–H and O–H groups in total. The van der Waals surface area contributed by atoms with Gasteiger partial charge in [0.15, 0.2) is 4.80 Å². The molecule has 3 heterocycles. The monoisotopic (exact) mass is 518 g/mol. The molecule has 1 aliphatic rings. The Bertz CT molecular complexity index is 1660. The molecule has 2 aromatic carbocycles. The van der Waals surface area contributed by atoms with Crippen LogP contribution in [-0.4, -0.2) is 17.1 Å². The van der Waals surface area contributed by atoms with Crippen molar-refractivity contribution >= 4 is 35.0 Å². The van der Waals surface area contributed by atoms with E-state index in [-0.39, 0.29) is 12.2 Å². The molecule has 2 aromatic heterocycles. The highest BCUT2D eigenvalue weighted by Gasteiger charge is 2.33. The molecule has 6 nitrogen and oxygen atoms in total. The summed E-state index contributed by atoms with van der Waals surface area (Å²) in [6.45, 7) is 5.75. The molecule has 0 fully saturated rings. The van der Waals surface area contributed by atoms with Crippen LogP contribution in [0.25, 0.3) is 17.4 Å². The number of carbonyl (C=O) groups is 1. The van der Waals surface area contributed by atoms with Gasteiger partial charge < -0.3 is 9.15 Å². The van der Waals surface area contributed by atoms with E-state index in [0.717, 1.165) is 16.7 Å². The topological polar surface area (TPSA) is 73.8 Å². The highest BCUT2D eigenvalue weighted by atomic mass is 35.5. The Kier molecular flexibility index (Phi) is 6.51. The third-order valence-corrected chi connectivity index (χ3v) is 7.17. The quantitative estimate of drug-likeness (QED) is 0.348. The number of thiazole rings is 1. The van der Waals surface area contributed by atoms with Gasteiger partial charge in [0.05, 0.1) is 28.5 Å². The van der Waals surface area contributed by atoms with Gasteiger partial charge in [-0.15, -0.1) is 0 Å². The molecule has 0 aliphatic carbocycles. The fourth-order valence-electron chi connectivity index (χ4n) is 4.18. The van der Waals surface area contributed by atoms with E-state index >= 15 is 0 Å². The smallest absolute Gasteiger partial charge is 0.338 e. The number of ether oxygens (including phenoxy) is 1. The van der Waals surface area contributed by atoms with Crippen molar-refractivity contribution in [3.05, 3.63) is 114 Å². The summed E-state index contributed by atoms with van der Waals surface area (Å²) in [6.07, 6.45) is 1.71. The molecule has 0 spiro atoms. The van der Waals surface area contributed by atoms with Crippen LogP contribution in [0.5, 0.6) is 0 Å². The number of hydrogen-bond acceptors (Lipinski definition) is 6. The van der Waals surface area contributed by atoms with Crippen LogP contribution in [0, 0.1) is 6.92 Å². The van der Waals surface area contributed by atoms with Crippen molar-refractivity contribution in [1.29, 1.82) is 0 Å². The van der Waals surface area contributed by atoms with E-state index in [4.69, 9.17) is 20.8 Å². The summed E-state index contributed by atoms with van der Waals surface area (Å²) in [4.78, 5) is 31.7. The second kappa shape index (κ2) is 9.76. The van der Waals surface area contributed by atoms with Gasteiger partial charge in [-0.3, -0.25) is 9.36 Å². The van der Waals surface area contributed by atoms with Crippen LogP contribution in [0.4, 0.5) is 0 Å². The second-order valence-corrected chi connectivity index (χ2v) is 9.87. The molecule has 1 aliphatic heterocycles. The molecular formula is C28H23ClN2O4S. The van der Waals surface area contributed by atoms with E-state index in [9.17, 15) is 9.59 Å².